The Morgan fingerprint density at radius 2 is 1.83 bits per heavy atom. The molecule has 1 unspecified atom stereocenters. The van der Waals surface area contributed by atoms with E-state index in [9.17, 15) is 0 Å². The summed E-state index contributed by atoms with van der Waals surface area (Å²) < 4.78 is 16.2. The van der Waals surface area contributed by atoms with E-state index in [1.165, 1.54) is 12.8 Å². The number of rotatable bonds is 8. The van der Waals surface area contributed by atoms with Crippen LogP contribution in [0.4, 0.5) is 0 Å². The second kappa shape index (κ2) is 6.61. The molecule has 0 aromatic heterocycles. The zero-order valence-corrected chi connectivity index (χ0v) is 11.0. The third kappa shape index (κ3) is 4.20. The Balaban J connectivity index is 1.84. The Labute approximate surface area is 108 Å². The maximum atomic E-state index is 5.89. The van der Waals surface area contributed by atoms with Gasteiger partial charge in [0.25, 0.3) is 0 Å². The molecular formula is C14H21NO3. The molecule has 0 radical (unpaired) electrons. The molecule has 0 aliphatic heterocycles. The van der Waals surface area contributed by atoms with Crippen molar-refractivity contribution < 1.29 is 14.2 Å². The Bertz CT molecular complexity index is 349. The van der Waals surface area contributed by atoms with Crippen LogP contribution in [-0.2, 0) is 4.74 Å². The second-order valence-corrected chi connectivity index (χ2v) is 4.55. The van der Waals surface area contributed by atoms with E-state index < -0.39 is 0 Å². The van der Waals surface area contributed by atoms with E-state index in [2.05, 4.69) is 5.32 Å². The van der Waals surface area contributed by atoms with Crippen LogP contribution in [0.3, 0.4) is 0 Å². The van der Waals surface area contributed by atoms with Crippen molar-refractivity contribution in [1.29, 1.82) is 0 Å². The molecule has 0 heterocycles. The molecule has 1 fully saturated rings. The third-order valence-corrected chi connectivity index (χ3v) is 2.93. The Hall–Kier alpha value is -1.26. The van der Waals surface area contributed by atoms with Gasteiger partial charge in [-0.2, -0.15) is 0 Å². The summed E-state index contributed by atoms with van der Waals surface area (Å²) in [6, 6.07) is 8.31. The first kappa shape index (κ1) is 13.2. The monoisotopic (exact) mass is 251 g/mol. The van der Waals surface area contributed by atoms with E-state index in [0.717, 1.165) is 18.0 Å². The summed E-state index contributed by atoms with van der Waals surface area (Å²) in [5, 5.41) is 3.45. The number of ether oxygens (including phenoxy) is 3. The second-order valence-electron chi connectivity index (χ2n) is 4.55. The Morgan fingerprint density at radius 1 is 1.17 bits per heavy atom. The predicted molar refractivity (Wildman–Crippen MR) is 70.3 cm³/mol. The molecule has 0 saturated heterocycles. The molecule has 0 amide bonds. The third-order valence-electron chi connectivity index (χ3n) is 2.93. The van der Waals surface area contributed by atoms with E-state index in [1.54, 1.807) is 14.2 Å². The van der Waals surface area contributed by atoms with Gasteiger partial charge in [0, 0.05) is 19.7 Å². The van der Waals surface area contributed by atoms with Crippen molar-refractivity contribution >= 4 is 0 Å². The zero-order valence-electron chi connectivity index (χ0n) is 11.0. The van der Waals surface area contributed by atoms with E-state index in [4.69, 9.17) is 14.2 Å². The lowest BCUT2D eigenvalue weighted by atomic mass is 10.3. The summed E-state index contributed by atoms with van der Waals surface area (Å²) >= 11 is 0. The average molecular weight is 251 g/mol. The Morgan fingerprint density at radius 3 is 2.39 bits per heavy atom. The molecule has 1 aromatic carbocycles. The minimum absolute atomic E-state index is 0.0454. The molecule has 1 aliphatic carbocycles. The molecular weight excluding hydrogens is 230 g/mol. The normalized spacial score (nSPS) is 16.3. The van der Waals surface area contributed by atoms with Crippen LogP contribution in [0.15, 0.2) is 24.3 Å². The van der Waals surface area contributed by atoms with Crippen LogP contribution in [0, 0.1) is 0 Å². The number of methoxy groups -OCH3 is 2. The topological polar surface area (TPSA) is 39.7 Å². The Kier molecular flexibility index (Phi) is 4.84. The van der Waals surface area contributed by atoms with Gasteiger partial charge in [0.1, 0.15) is 17.6 Å². The van der Waals surface area contributed by atoms with Gasteiger partial charge >= 0.3 is 0 Å². The van der Waals surface area contributed by atoms with Crippen LogP contribution in [-0.4, -0.2) is 39.5 Å². The van der Waals surface area contributed by atoms with Crippen molar-refractivity contribution in [3.05, 3.63) is 24.3 Å². The molecule has 4 heteroatoms. The van der Waals surface area contributed by atoms with Gasteiger partial charge in [0.05, 0.1) is 13.7 Å². The lowest BCUT2D eigenvalue weighted by Crippen LogP contribution is -2.35. The van der Waals surface area contributed by atoms with E-state index >= 15 is 0 Å². The van der Waals surface area contributed by atoms with Crippen molar-refractivity contribution in [3.8, 4) is 11.5 Å². The smallest absolute Gasteiger partial charge is 0.134 e. The minimum Gasteiger partial charge on any atom is -0.497 e. The summed E-state index contributed by atoms with van der Waals surface area (Å²) in [6.45, 7) is 1.41. The standard InChI is InChI=1S/C14H21NO3/c1-16-10-14(9-15-11-3-4-11)18-13-7-5-12(17-2)6-8-13/h5-8,11,14-15H,3-4,9-10H2,1-2H3. The highest BCUT2D eigenvalue weighted by molar-refractivity contribution is 5.31. The first-order chi connectivity index (χ1) is 8.81. The maximum absolute atomic E-state index is 5.89. The number of nitrogens with one attached hydrogen (secondary N) is 1. The lowest BCUT2D eigenvalue weighted by Gasteiger charge is -2.19. The molecule has 100 valence electrons. The zero-order chi connectivity index (χ0) is 12.8. The van der Waals surface area contributed by atoms with Gasteiger partial charge in [-0.3, -0.25) is 0 Å². The van der Waals surface area contributed by atoms with Gasteiger partial charge in [-0.15, -0.1) is 0 Å². The summed E-state index contributed by atoms with van der Waals surface area (Å²) in [4.78, 5) is 0. The molecule has 2 rings (SSSR count). The van der Waals surface area contributed by atoms with E-state index in [1.807, 2.05) is 24.3 Å². The highest BCUT2D eigenvalue weighted by Gasteiger charge is 2.22. The van der Waals surface area contributed by atoms with Crippen LogP contribution in [0.25, 0.3) is 0 Å². The van der Waals surface area contributed by atoms with Crippen LogP contribution in [0.5, 0.6) is 11.5 Å². The van der Waals surface area contributed by atoms with Gasteiger partial charge < -0.3 is 19.5 Å². The van der Waals surface area contributed by atoms with Gasteiger partial charge in [0.2, 0.25) is 0 Å². The van der Waals surface area contributed by atoms with Gasteiger partial charge in [0.15, 0.2) is 0 Å². The van der Waals surface area contributed by atoms with Crippen LogP contribution < -0.4 is 14.8 Å². The van der Waals surface area contributed by atoms with Crippen LogP contribution >= 0.6 is 0 Å². The summed E-state index contributed by atoms with van der Waals surface area (Å²) in [5.74, 6) is 1.68. The van der Waals surface area contributed by atoms with Gasteiger partial charge in [-0.25, -0.2) is 0 Å². The quantitative estimate of drug-likeness (QED) is 0.765. The predicted octanol–water partition coefficient (Wildman–Crippen LogP) is 1.84. The molecule has 4 nitrogen and oxygen atoms in total. The van der Waals surface area contributed by atoms with E-state index in [0.29, 0.717) is 12.6 Å². The summed E-state index contributed by atoms with van der Waals surface area (Å²) in [7, 11) is 3.35. The lowest BCUT2D eigenvalue weighted by molar-refractivity contribution is 0.0803. The largest absolute Gasteiger partial charge is 0.497 e. The SMILES string of the molecule is COCC(CNC1CC1)Oc1ccc(OC)cc1. The number of hydrogen-bond acceptors (Lipinski definition) is 4. The van der Waals surface area contributed by atoms with Crippen molar-refractivity contribution in [2.75, 3.05) is 27.4 Å². The number of benzene rings is 1. The van der Waals surface area contributed by atoms with Crippen molar-refractivity contribution in [1.82, 2.24) is 5.32 Å². The molecule has 18 heavy (non-hydrogen) atoms. The average Bonchev–Trinajstić information content (AvgIpc) is 3.21. The highest BCUT2D eigenvalue weighted by Crippen LogP contribution is 2.20. The maximum Gasteiger partial charge on any atom is 0.134 e. The summed E-state index contributed by atoms with van der Waals surface area (Å²) in [5.41, 5.74) is 0. The highest BCUT2D eigenvalue weighted by atomic mass is 16.5. The van der Waals surface area contributed by atoms with Gasteiger partial charge in [-0.05, 0) is 37.1 Å². The molecule has 1 N–H and O–H groups in total. The van der Waals surface area contributed by atoms with Crippen LogP contribution in [0.2, 0.25) is 0 Å². The van der Waals surface area contributed by atoms with Crippen molar-refractivity contribution in [2.24, 2.45) is 0 Å². The van der Waals surface area contributed by atoms with Crippen molar-refractivity contribution in [2.45, 2.75) is 25.0 Å². The van der Waals surface area contributed by atoms with Crippen molar-refractivity contribution in [3.63, 3.8) is 0 Å². The molecule has 1 saturated carbocycles. The van der Waals surface area contributed by atoms with Gasteiger partial charge in [-0.1, -0.05) is 0 Å². The molecule has 0 spiro atoms. The minimum atomic E-state index is 0.0454. The molecule has 0 bridgehead atoms. The fraction of sp³-hybridized carbons (Fsp3) is 0.571. The first-order valence-electron chi connectivity index (χ1n) is 6.35. The fourth-order valence-corrected chi connectivity index (χ4v) is 1.75. The van der Waals surface area contributed by atoms with E-state index in [-0.39, 0.29) is 6.10 Å². The molecule has 1 aromatic rings. The molecule has 1 aliphatic rings. The molecule has 1 atom stereocenters. The number of hydrogen-bond donors (Lipinski definition) is 1. The fourth-order valence-electron chi connectivity index (χ4n) is 1.75. The van der Waals surface area contributed by atoms with Crippen LogP contribution in [0.1, 0.15) is 12.8 Å². The first-order valence-corrected chi connectivity index (χ1v) is 6.35. The summed E-state index contributed by atoms with van der Waals surface area (Å²) in [6.07, 6.45) is 2.61.